The van der Waals surface area contributed by atoms with E-state index < -0.39 is 7.12 Å². The van der Waals surface area contributed by atoms with Crippen LogP contribution in [0.15, 0.2) is 303 Å². The van der Waals surface area contributed by atoms with Crippen LogP contribution in [0.4, 0.5) is 0 Å². The fraction of sp³-hybridized carbons (Fsp3) is 0.0667. The van der Waals surface area contributed by atoms with Crippen LogP contribution in [0.1, 0.15) is 27.7 Å². The Kier molecular flexibility index (Phi) is 14.9. The molecule has 0 radical (unpaired) electrons. The number of halogens is 1. The number of fused-ring (bicyclic) bond motifs is 26. The maximum absolute atomic E-state index is 6.42. The smallest absolute Gasteiger partial charge is 0.399 e. The van der Waals surface area contributed by atoms with Crippen LogP contribution in [-0.2, 0) is 9.31 Å². The summed E-state index contributed by atoms with van der Waals surface area (Å²) in [5, 5.41) is 16.7. The summed E-state index contributed by atoms with van der Waals surface area (Å²) >= 11 is 5.99. The van der Waals surface area contributed by atoms with Crippen LogP contribution in [-0.4, -0.2) is 67.0 Å². The van der Waals surface area contributed by atoms with Gasteiger partial charge < -0.3 is 9.31 Å². The second-order valence-corrected chi connectivity index (χ2v) is 27.7. The van der Waals surface area contributed by atoms with Gasteiger partial charge in [-0.1, -0.05) is 279 Å². The first kappa shape index (κ1) is 62.4. The van der Waals surface area contributed by atoms with Gasteiger partial charge in [-0.05, 0) is 101 Å². The van der Waals surface area contributed by atoms with Crippen molar-refractivity contribution in [3.63, 3.8) is 0 Å². The molecule has 0 aliphatic carbocycles. The highest BCUT2D eigenvalue weighted by molar-refractivity contribution is 6.62. The van der Waals surface area contributed by atoms with Gasteiger partial charge in [0.05, 0.1) is 44.3 Å². The minimum atomic E-state index is -0.414. The van der Waals surface area contributed by atoms with Crippen LogP contribution in [0.2, 0.25) is 5.28 Å². The second-order valence-electron chi connectivity index (χ2n) is 27.3. The Morgan fingerprint density at radius 2 is 0.558 bits per heavy atom. The van der Waals surface area contributed by atoms with Gasteiger partial charge in [-0.2, -0.15) is 9.97 Å². The molecule has 0 bridgehead atoms. The van der Waals surface area contributed by atoms with Crippen molar-refractivity contribution in [3.05, 3.63) is 309 Å². The van der Waals surface area contributed by atoms with Gasteiger partial charge in [0, 0.05) is 70.9 Å². The molecule has 14 heteroatoms. The Balaban J connectivity index is 0.000000117. The molecule has 20 aromatic rings. The van der Waals surface area contributed by atoms with Crippen LogP contribution >= 0.6 is 11.6 Å². The Bertz CT molecular complexity index is 6700. The Hall–Kier alpha value is -12.6. The summed E-state index contributed by atoms with van der Waals surface area (Å²) < 4.78 is 17.5. The molecule has 0 unspecified atom stereocenters. The fourth-order valence-corrected chi connectivity index (χ4v) is 15.1. The quantitative estimate of drug-likeness (QED) is 0.117. The summed E-state index contributed by atoms with van der Waals surface area (Å²) in [7, 11) is -0.414. The summed E-state index contributed by atoms with van der Waals surface area (Å²) in [4.78, 5) is 38.5. The number of aromatic nitrogens is 10. The summed E-state index contributed by atoms with van der Waals surface area (Å²) in [6, 6.07) is 104. The van der Waals surface area contributed by atoms with Crippen LogP contribution in [0, 0.1) is 0 Å². The van der Waals surface area contributed by atoms with Gasteiger partial charge in [-0.25, -0.2) is 29.9 Å². The Morgan fingerprint density at radius 3 is 0.942 bits per heavy atom. The van der Waals surface area contributed by atoms with Crippen molar-refractivity contribution in [2.45, 2.75) is 38.9 Å². The van der Waals surface area contributed by atoms with Crippen molar-refractivity contribution in [1.82, 2.24) is 48.7 Å². The topological polar surface area (TPSA) is 130 Å². The molecule has 1 fully saturated rings. The molecule has 1 aliphatic heterocycles. The Morgan fingerprint density at radius 1 is 0.269 bits per heavy atom. The maximum atomic E-state index is 6.42. The van der Waals surface area contributed by atoms with E-state index in [1.807, 2.05) is 121 Å². The van der Waals surface area contributed by atoms with E-state index in [-0.39, 0.29) is 16.5 Å². The van der Waals surface area contributed by atoms with Crippen LogP contribution in [0.5, 0.6) is 0 Å². The van der Waals surface area contributed by atoms with E-state index in [2.05, 4.69) is 233 Å². The summed E-state index contributed by atoms with van der Waals surface area (Å²) in [6.07, 6.45) is 0. The average Bonchev–Trinajstić information content (AvgIpc) is 1.53. The normalized spacial score (nSPS) is 13.5. The molecule has 0 spiro atoms. The van der Waals surface area contributed by atoms with E-state index in [0.717, 1.165) is 110 Å². The predicted octanol–water partition coefficient (Wildman–Crippen LogP) is 21.5. The molecule has 0 saturated carbocycles. The third-order valence-electron chi connectivity index (χ3n) is 20.6. The second kappa shape index (κ2) is 24.9. The number of benzene rings is 14. The first-order valence-electron chi connectivity index (χ1n) is 34.9. The SMILES string of the molecule is CC1(C)OB(c2ccc3c(c2)c2ccccc2c2nc4c5ccccc5c5ccccc5c4n32)OC1(C)C.Clc1nc(-c2ccccc2)nc(-c2ccccc2)n1.c1ccc(-c2nc(-c3ccccc3)nc(-c3ccc4c(c3)c3ccccc3c3nc5c6ccccc6c6ccccc6c5n43)n2)cc1. The highest BCUT2D eigenvalue weighted by atomic mass is 35.5. The highest BCUT2D eigenvalue weighted by Gasteiger charge is 2.52. The fourth-order valence-electron chi connectivity index (χ4n) is 15.0. The molecular weight excluding hydrogens is 1300 g/mol. The minimum Gasteiger partial charge on any atom is -0.399 e. The van der Waals surface area contributed by atoms with Crippen molar-refractivity contribution < 1.29 is 9.31 Å². The third kappa shape index (κ3) is 10.5. The number of nitrogens with zero attached hydrogens (tertiary/aromatic N) is 10. The molecule has 7 heterocycles. The third-order valence-corrected chi connectivity index (χ3v) is 20.8. The number of hydrogen-bond acceptors (Lipinski definition) is 10. The molecule has 14 aromatic carbocycles. The standard InChI is InChI=1S/C42H25N5.C33H27BN2O2.C15H10ClN3/c1-3-13-26(14-4-1)39-44-40(27-15-5-2-6-16-27)46-41(45-39)28-23-24-36-35(25-28)31-19-9-12-22-34(31)42-43-37-32-20-10-7-17-29(32)30-18-8-11-21-33(30)38(37)47(36)42;1-32(2)33(3,4)38-34(37-32)20-17-18-28-27(19-20)23-13-7-10-16-26(23)31-35-29-24-14-8-5-11-21(24)22-12-6-9-15-25(22)30(29)36(28)31;16-15-18-13(11-7-3-1-4-8-11)17-14(19-15)12-9-5-2-6-10-12/h1-25H;5-19H,1-4H3;1-10H. The zero-order valence-electron chi connectivity index (χ0n) is 57.1. The van der Waals surface area contributed by atoms with E-state index in [1.165, 1.54) is 43.1 Å². The summed E-state index contributed by atoms with van der Waals surface area (Å²) in [5.74, 6) is 3.09. The van der Waals surface area contributed by atoms with Crippen molar-refractivity contribution in [2.24, 2.45) is 0 Å². The molecule has 21 rings (SSSR count). The van der Waals surface area contributed by atoms with Crippen LogP contribution < -0.4 is 5.46 Å². The average molecular weight is 1360 g/mol. The predicted molar refractivity (Wildman–Crippen MR) is 427 cm³/mol. The lowest BCUT2D eigenvalue weighted by molar-refractivity contribution is 0.00578. The Labute approximate surface area is 602 Å². The van der Waals surface area contributed by atoms with Gasteiger partial charge >= 0.3 is 7.12 Å². The lowest BCUT2D eigenvalue weighted by Gasteiger charge is -2.32. The molecular formula is C90H62BClN10O2. The largest absolute Gasteiger partial charge is 0.494 e. The van der Waals surface area contributed by atoms with Crippen molar-refractivity contribution in [2.75, 3.05) is 0 Å². The van der Waals surface area contributed by atoms with E-state index in [9.17, 15) is 0 Å². The van der Waals surface area contributed by atoms with E-state index in [4.69, 9.17) is 45.8 Å². The van der Waals surface area contributed by atoms with Crippen molar-refractivity contribution in [1.29, 1.82) is 0 Å². The first-order valence-corrected chi connectivity index (χ1v) is 35.2. The number of imidazole rings is 2. The number of hydrogen-bond donors (Lipinski definition) is 0. The molecule has 1 saturated heterocycles. The molecule has 494 valence electrons. The van der Waals surface area contributed by atoms with Gasteiger partial charge in [-0.15, -0.1) is 0 Å². The molecule has 0 amide bonds. The van der Waals surface area contributed by atoms with E-state index in [1.54, 1.807) is 0 Å². The molecule has 1 aliphatic rings. The molecule has 6 aromatic heterocycles. The van der Waals surface area contributed by atoms with Gasteiger partial charge in [0.1, 0.15) is 11.3 Å². The van der Waals surface area contributed by atoms with Crippen LogP contribution in [0.3, 0.4) is 0 Å². The maximum Gasteiger partial charge on any atom is 0.494 e. The van der Waals surface area contributed by atoms with Crippen LogP contribution in [0.25, 0.3) is 177 Å². The zero-order valence-corrected chi connectivity index (χ0v) is 57.9. The van der Waals surface area contributed by atoms with E-state index >= 15 is 0 Å². The van der Waals surface area contributed by atoms with E-state index in [0.29, 0.717) is 29.1 Å². The summed E-state index contributed by atoms with van der Waals surface area (Å²) in [6.45, 7) is 8.39. The lowest BCUT2D eigenvalue weighted by Crippen LogP contribution is -2.41. The highest BCUT2D eigenvalue weighted by Crippen LogP contribution is 2.44. The van der Waals surface area contributed by atoms with Gasteiger partial charge in [0.15, 0.2) is 29.1 Å². The molecule has 0 atom stereocenters. The summed E-state index contributed by atoms with van der Waals surface area (Å²) in [5.41, 5.74) is 13.4. The van der Waals surface area contributed by atoms with Crippen molar-refractivity contribution in [3.8, 4) is 56.9 Å². The van der Waals surface area contributed by atoms with Crippen molar-refractivity contribution >= 4 is 144 Å². The minimum absolute atomic E-state index is 0.202. The lowest BCUT2D eigenvalue weighted by atomic mass is 9.78. The number of rotatable bonds is 6. The molecule has 104 heavy (non-hydrogen) atoms. The first-order chi connectivity index (χ1) is 51.0. The zero-order chi connectivity index (χ0) is 69.8. The monoisotopic (exact) mass is 1360 g/mol. The molecule has 0 N–H and O–H groups in total. The van der Waals surface area contributed by atoms with Gasteiger partial charge in [0.25, 0.3) is 0 Å². The molecule has 12 nitrogen and oxygen atoms in total. The van der Waals surface area contributed by atoms with Gasteiger partial charge in [-0.3, -0.25) is 8.80 Å². The number of pyridine rings is 2. The van der Waals surface area contributed by atoms with Gasteiger partial charge in [0.2, 0.25) is 5.28 Å².